The number of aryl methyl sites for hydroxylation is 1. The van der Waals surface area contributed by atoms with Gasteiger partial charge in [0.25, 0.3) is 0 Å². The van der Waals surface area contributed by atoms with Crippen molar-refractivity contribution in [3.63, 3.8) is 0 Å². The van der Waals surface area contributed by atoms with Gasteiger partial charge < -0.3 is 14.1 Å². The van der Waals surface area contributed by atoms with Gasteiger partial charge >= 0.3 is 6.09 Å². The molecule has 2 saturated heterocycles. The molecule has 0 aliphatic carbocycles. The molecule has 1 N–H and O–H groups in total. The first kappa shape index (κ1) is 19.8. The van der Waals surface area contributed by atoms with E-state index in [0.29, 0.717) is 34.0 Å². The van der Waals surface area contributed by atoms with Crippen LogP contribution in [0.4, 0.5) is 21.0 Å². The lowest BCUT2D eigenvalue weighted by Gasteiger charge is -2.31. The molecule has 0 aromatic carbocycles. The van der Waals surface area contributed by atoms with Crippen LogP contribution in [0.15, 0.2) is 35.0 Å². The number of carbonyl (C=O) groups is 1. The lowest BCUT2D eigenvalue weighted by molar-refractivity contribution is -0.0544. The molecule has 6 rings (SSSR count). The highest BCUT2D eigenvalue weighted by atomic mass is 19.3. The number of hydrogen-bond donors (Lipinski definition) is 1. The summed E-state index contributed by atoms with van der Waals surface area (Å²) in [7, 11) is 0. The Hall–Kier alpha value is -3.86. The Morgan fingerprint density at radius 1 is 1.21 bits per heavy atom. The summed E-state index contributed by atoms with van der Waals surface area (Å²) < 4.78 is 23.9. The number of hydrogen-bond acceptors (Lipinski definition) is 9. The molecule has 168 valence electrons. The predicted molar refractivity (Wildman–Crippen MR) is 116 cm³/mol. The third-order valence-corrected chi connectivity index (χ3v) is 6.13. The zero-order valence-electron chi connectivity index (χ0n) is 17.6. The molecular formula is C22H19FN6O4. The summed E-state index contributed by atoms with van der Waals surface area (Å²) in [5, 5.41) is 3.64. The minimum absolute atomic E-state index is 0.121. The normalized spacial score (nSPS) is 19.9. The average Bonchev–Trinajstić information content (AvgIpc) is 3.40. The maximum Gasteiger partial charge on any atom is 0.450 e. The van der Waals surface area contributed by atoms with E-state index in [1.54, 1.807) is 18.5 Å². The van der Waals surface area contributed by atoms with Gasteiger partial charge in [0.15, 0.2) is 5.58 Å². The van der Waals surface area contributed by atoms with E-state index in [0.717, 1.165) is 43.0 Å². The van der Waals surface area contributed by atoms with E-state index in [2.05, 4.69) is 30.1 Å². The van der Waals surface area contributed by atoms with Crippen molar-refractivity contribution in [2.45, 2.75) is 19.4 Å². The van der Waals surface area contributed by atoms with Gasteiger partial charge in [0, 0.05) is 52.4 Å². The maximum absolute atomic E-state index is 12.1. The monoisotopic (exact) mass is 450 g/mol. The summed E-state index contributed by atoms with van der Waals surface area (Å²) in [6.07, 6.45) is 3.28. The van der Waals surface area contributed by atoms with Gasteiger partial charge in [-0.25, -0.2) is 19.7 Å². The number of nitrogens with zero attached hydrogens (tertiary/aromatic N) is 5. The summed E-state index contributed by atoms with van der Waals surface area (Å²) in [5.74, 6) is 1.83. The Labute approximate surface area is 186 Å². The molecule has 0 unspecified atom stereocenters. The molecule has 0 radical (unpaired) electrons. The molecule has 2 aliphatic heterocycles. The number of halogens is 1. The Morgan fingerprint density at radius 2 is 2.12 bits per heavy atom. The van der Waals surface area contributed by atoms with E-state index < -0.39 is 6.09 Å². The third-order valence-electron chi connectivity index (χ3n) is 6.13. The molecule has 2 bridgehead atoms. The van der Waals surface area contributed by atoms with E-state index in [-0.39, 0.29) is 11.9 Å². The fourth-order valence-electron chi connectivity index (χ4n) is 4.58. The number of oxazole rings is 1. The highest BCUT2D eigenvalue weighted by Gasteiger charge is 2.34. The Kier molecular flexibility index (Phi) is 4.57. The first-order chi connectivity index (χ1) is 16.1. The van der Waals surface area contributed by atoms with Crippen LogP contribution in [0.2, 0.25) is 0 Å². The zero-order chi connectivity index (χ0) is 22.5. The van der Waals surface area contributed by atoms with Gasteiger partial charge in [0.1, 0.15) is 11.6 Å². The quantitative estimate of drug-likeness (QED) is 0.497. The van der Waals surface area contributed by atoms with Crippen LogP contribution in [-0.2, 0) is 9.68 Å². The van der Waals surface area contributed by atoms with Gasteiger partial charge in [-0.3, -0.25) is 10.3 Å². The third kappa shape index (κ3) is 3.50. The first-order valence-electron chi connectivity index (χ1n) is 10.6. The molecule has 1 amide bonds. The minimum Gasteiger partial charge on any atom is -0.434 e. The molecular weight excluding hydrogens is 431 g/mol. The number of piperidine rings is 1. The molecule has 11 heteroatoms. The highest BCUT2D eigenvalue weighted by molar-refractivity contribution is 5.98. The van der Waals surface area contributed by atoms with Crippen LogP contribution < -0.4 is 10.2 Å². The Morgan fingerprint density at radius 3 is 2.97 bits per heavy atom. The molecule has 33 heavy (non-hydrogen) atoms. The van der Waals surface area contributed by atoms with Crippen LogP contribution in [0.3, 0.4) is 0 Å². The summed E-state index contributed by atoms with van der Waals surface area (Å²) in [6.45, 7) is 4.37. The second-order valence-electron chi connectivity index (χ2n) is 8.33. The van der Waals surface area contributed by atoms with E-state index >= 15 is 0 Å². The van der Waals surface area contributed by atoms with Gasteiger partial charge in [0.2, 0.25) is 11.5 Å². The van der Waals surface area contributed by atoms with Crippen molar-refractivity contribution < 1.29 is 23.4 Å². The molecule has 6 heterocycles. The van der Waals surface area contributed by atoms with Crippen LogP contribution in [0.25, 0.3) is 33.5 Å². The minimum atomic E-state index is -1.26. The fraction of sp³-hybridized carbons (Fsp3) is 0.318. The van der Waals surface area contributed by atoms with Crippen LogP contribution in [-0.4, -0.2) is 51.8 Å². The summed E-state index contributed by atoms with van der Waals surface area (Å²) >= 11 is 0. The average molecular weight is 450 g/mol. The van der Waals surface area contributed by atoms with Crippen molar-refractivity contribution >= 4 is 39.7 Å². The van der Waals surface area contributed by atoms with E-state index in [1.807, 2.05) is 19.1 Å². The highest BCUT2D eigenvalue weighted by Crippen LogP contribution is 2.33. The van der Waals surface area contributed by atoms with Crippen LogP contribution in [0.5, 0.6) is 0 Å². The molecule has 2 fully saturated rings. The number of carbonyl (C=O) groups excluding carboxylic acids is 1. The van der Waals surface area contributed by atoms with Gasteiger partial charge in [-0.2, -0.15) is 4.98 Å². The Bertz CT molecular complexity index is 1380. The van der Waals surface area contributed by atoms with E-state index in [4.69, 9.17) is 14.1 Å². The SMILES string of the molecule is Cc1ncc(-c2nc3nc(N4C[C@@H]5CO[C@@H](C5)C4)ccc3o2)c2cc(NC(=O)OF)ncc12. The van der Waals surface area contributed by atoms with Crippen LogP contribution in [0, 0.1) is 12.8 Å². The van der Waals surface area contributed by atoms with Crippen LogP contribution >= 0.6 is 0 Å². The van der Waals surface area contributed by atoms with Gasteiger partial charge in [-0.1, -0.05) is 0 Å². The van der Waals surface area contributed by atoms with Gasteiger partial charge in [-0.15, -0.1) is 0 Å². The molecule has 0 saturated carbocycles. The lowest BCUT2D eigenvalue weighted by Crippen LogP contribution is -2.39. The standard InChI is InChI=1S/C22H19FN6O4/c1-11-15-6-25-18(26-22(30)33-23)5-14(15)16(7-24-11)21-28-20-17(32-21)2-3-19(27-20)29-8-12-4-13(9-29)31-10-12/h2-3,5-7,12-13H,4,8-10H2,1H3,(H,25,26,30)/t12-,13+/m1/s1. The molecule has 4 aromatic rings. The first-order valence-corrected chi connectivity index (χ1v) is 10.6. The molecule has 2 atom stereocenters. The number of nitrogens with one attached hydrogen (secondary N) is 1. The number of amides is 1. The van der Waals surface area contributed by atoms with Crippen molar-refractivity contribution in [1.29, 1.82) is 0 Å². The maximum atomic E-state index is 12.1. The molecule has 2 aliphatic rings. The number of anilines is 2. The summed E-state index contributed by atoms with van der Waals surface area (Å²) in [5.41, 5.74) is 2.37. The zero-order valence-corrected chi connectivity index (χ0v) is 17.6. The fourth-order valence-corrected chi connectivity index (χ4v) is 4.58. The van der Waals surface area contributed by atoms with Crippen molar-refractivity contribution in [2.75, 3.05) is 29.9 Å². The number of ether oxygens (including phenoxy) is 1. The Balaban J connectivity index is 1.39. The topological polar surface area (TPSA) is 116 Å². The largest absolute Gasteiger partial charge is 0.450 e. The smallest absolute Gasteiger partial charge is 0.434 e. The van der Waals surface area contributed by atoms with Crippen LogP contribution in [0.1, 0.15) is 12.1 Å². The summed E-state index contributed by atoms with van der Waals surface area (Å²) in [6, 6.07) is 5.39. The van der Waals surface area contributed by atoms with Crippen molar-refractivity contribution in [1.82, 2.24) is 19.9 Å². The predicted octanol–water partition coefficient (Wildman–Crippen LogP) is 3.80. The molecule has 4 aromatic heterocycles. The van der Waals surface area contributed by atoms with E-state index in [9.17, 15) is 9.32 Å². The van der Waals surface area contributed by atoms with Crippen molar-refractivity contribution in [3.8, 4) is 11.5 Å². The molecule has 10 nitrogen and oxygen atoms in total. The number of pyridine rings is 3. The lowest BCUT2D eigenvalue weighted by atomic mass is 10.0. The number of fused-ring (bicyclic) bond motifs is 4. The number of rotatable bonds is 3. The van der Waals surface area contributed by atoms with Gasteiger partial charge in [0.05, 0.1) is 18.3 Å². The second-order valence-corrected chi connectivity index (χ2v) is 8.33. The van der Waals surface area contributed by atoms with Gasteiger partial charge in [-0.05, 0) is 31.5 Å². The number of aromatic nitrogens is 4. The summed E-state index contributed by atoms with van der Waals surface area (Å²) in [4.78, 5) is 34.5. The van der Waals surface area contributed by atoms with E-state index in [1.165, 1.54) is 0 Å². The van der Waals surface area contributed by atoms with Crippen molar-refractivity contribution in [2.24, 2.45) is 5.92 Å². The second kappa shape index (κ2) is 7.62. The molecule has 0 spiro atoms. The van der Waals surface area contributed by atoms with Crippen molar-refractivity contribution in [3.05, 3.63) is 36.3 Å².